The van der Waals surface area contributed by atoms with Gasteiger partial charge in [-0.25, -0.2) is 0 Å². The molecule has 6 nitrogen and oxygen atoms in total. The summed E-state index contributed by atoms with van der Waals surface area (Å²) in [6, 6.07) is -1.41. The van der Waals surface area contributed by atoms with E-state index in [-0.39, 0.29) is 0 Å². The molecule has 0 bridgehead atoms. The van der Waals surface area contributed by atoms with Crippen LogP contribution < -0.4 is 11.5 Å². The summed E-state index contributed by atoms with van der Waals surface area (Å²) in [6.07, 6.45) is 0.495. The number of aliphatic carboxylic acids is 2. The maximum Gasteiger partial charge on any atom is 0.320 e. The van der Waals surface area contributed by atoms with Crippen LogP contribution in [0.2, 0.25) is 0 Å². The van der Waals surface area contributed by atoms with E-state index in [1.165, 1.54) is 6.92 Å². The van der Waals surface area contributed by atoms with E-state index < -0.39 is 24.0 Å². The quantitative estimate of drug-likeness (QED) is 0.465. The molecule has 0 aliphatic heterocycles. The van der Waals surface area contributed by atoms with Gasteiger partial charge in [-0.05, 0) is 13.3 Å². The highest BCUT2D eigenvalue weighted by Crippen LogP contribution is 1.82. The van der Waals surface area contributed by atoms with E-state index >= 15 is 0 Å². The van der Waals surface area contributed by atoms with Crippen LogP contribution >= 0.6 is 0 Å². The van der Waals surface area contributed by atoms with Crippen molar-refractivity contribution in [3.8, 4) is 0 Å². The van der Waals surface area contributed by atoms with Crippen molar-refractivity contribution in [2.75, 3.05) is 0 Å². The predicted molar refractivity (Wildman–Crippen MR) is 47.2 cm³/mol. The number of nitrogens with two attached hydrogens (primary N) is 2. The molecule has 0 saturated carbocycles. The van der Waals surface area contributed by atoms with Crippen LogP contribution in [-0.4, -0.2) is 34.2 Å². The molecule has 0 aliphatic rings. The van der Waals surface area contributed by atoms with Gasteiger partial charge in [0.25, 0.3) is 0 Å². The van der Waals surface area contributed by atoms with Crippen molar-refractivity contribution in [1.82, 2.24) is 0 Å². The molecule has 0 rings (SSSR count). The van der Waals surface area contributed by atoms with Gasteiger partial charge in [-0.1, -0.05) is 6.92 Å². The minimum atomic E-state index is -0.963. The lowest BCUT2D eigenvalue weighted by molar-refractivity contribution is -0.139. The highest BCUT2D eigenvalue weighted by Gasteiger charge is 2.05. The van der Waals surface area contributed by atoms with Crippen molar-refractivity contribution in [3.05, 3.63) is 0 Å². The molecule has 0 aromatic carbocycles. The van der Waals surface area contributed by atoms with E-state index in [0.717, 1.165) is 0 Å². The molecule has 78 valence electrons. The third-order valence-electron chi connectivity index (χ3n) is 1.15. The molecule has 0 amide bonds. The Morgan fingerprint density at radius 3 is 1.54 bits per heavy atom. The van der Waals surface area contributed by atoms with Crippen LogP contribution in [0.15, 0.2) is 0 Å². The SMILES string of the molecule is CC(N)C(=O)O.CCC(N)C(=O)O. The number of carboxylic acid groups (broad SMARTS) is 2. The normalized spacial score (nSPS) is 13.5. The number of carbonyl (C=O) groups is 2. The molecule has 0 spiro atoms. The van der Waals surface area contributed by atoms with Crippen molar-refractivity contribution in [2.45, 2.75) is 32.4 Å². The summed E-state index contributed by atoms with van der Waals surface area (Å²) >= 11 is 0. The Morgan fingerprint density at radius 1 is 1.23 bits per heavy atom. The van der Waals surface area contributed by atoms with Gasteiger partial charge in [-0.2, -0.15) is 0 Å². The molecular formula is C7H16N2O4. The van der Waals surface area contributed by atoms with Gasteiger partial charge >= 0.3 is 11.9 Å². The molecule has 0 aromatic rings. The number of carboxylic acids is 2. The molecule has 0 saturated heterocycles. The molecule has 2 atom stereocenters. The minimum absolute atomic E-state index is 0.495. The second-order valence-corrected chi connectivity index (χ2v) is 2.48. The van der Waals surface area contributed by atoms with Gasteiger partial charge in [0.2, 0.25) is 0 Å². The van der Waals surface area contributed by atoms with Gasteiger partial charge < -0.3 is 21.7 Å². The summed E-state index contributed by atoms with van der Waals surface area (Å²) < 4.78 is 0. The van der Waals surface area contributed by atoms with Crippen LogP contribution in [0.4, 0.5) is 0 Å². The summed E-state index contributed by atoms with van der Waals surface area (Å²) in [5.41, 5.74) is 9.85. The zero-order valence-corrected chi connectivity index (χ0v) is 7.73. The van der Waals surface area contributed by atoms with Gasteiger partial charge in [-0.15, -0.1) is 0 Å². The summed E-state index contributed by atoms with van der Waals surface area (Å²) in [6.45, 7) is 3.15. The average Bonchev–Trinajstić information content (AvgIpc) is 2.03. The predicted octanol–water partition coefficient (Wildman–Crippen LogP) is -0.773. The van der Waals surface area contributed by atoms with E-state index in [1.54, 1.807) is 6.92 Å². The second kappa shape index (κ2) is 7.51. The van der Waals surface area contributed by atoms with Crippen molar-refractivity contribution in [1.29, 1.82) is 0 Å². The standard InChI is InChI=1S/C4H9NO2.C3H7NO2/c1-2-3(5)4(6)7;1-2(4)3(5)6/h3H,2,5H2,1H3,(H,6,7);2H,4H2,1H3,(H,5,6). The van der Waals surface area contributed by atoms with Crippen LogP contribution in [0.1, 0.15) is 20.3 Å². The van der Waals surface area contributed by atoms with Gasteiger partial charge in [0.05, 0.1) is 0 Å². The summed E-state index contributed by atoms with van der Waals surface area (Å²) in [4.78, 5) is 19.4. The molecule has 2 unspecified atom stereocenters. The molecule has 6 heteroatoms. The Bertz CT molecular complexity index is 170. The lowest BCUT2D eigenvalue weighted by Gasteiger charge is -1.97. The fourth-order valence-electron chi connectivity index (χ4n) is 0.175. The Labute approximate surface area is 76.5 Å². The van der Waals surface area contributed by atoms with Crippen LogP contribution in [0, 0.1) is 0 Å². The van der Waals surface area contributed by atoms with E-state index in [9.17, 15) is 9.59 Å². The first-order chi connectivity index (χ1) is 5.82. The van der Waals surface area contributed by atoms with Gasteiger partial charge in [0, 0.05) is 0 Å². The molecule has 13 heavy (non-hydrogen) atoms. The van der Waals surface area contributed by atoms with Crippen LogP contribution in [0.3, 0.4) is 0 Å². The topological polar surface area (TPSA) is 127 Å². The zero-order valence-electron chi connectivity index (χ0n) is 7.73. The second-order valence-electron chi connectivity index (χ2n) is 2.48. The molecule has 0 aliphatic carbocycles. The lowest BCUT2D eigenvalue weighted by atomic mass is 10.2. The third kappa shape index (κ3) is 10.9. The number of rotatable bonds is 3. The van der Waals surface area contributed by atoms with E-state index in [4.69, 9.17) is 21.7 Å². The fourth-order valence-corrected chi connectivity index (χ4v) is 0.175. The molecule has 0 heterocycles. The maximum absolute atomic E-state index is 9.81. The molecule has 0 fully saturated rings. The van der Waals surface area contributed by atoms with Crippen LogP contribution in [-0.2, 0) is 9.59 Å². The van der Waals surface area contributed by atoms with Crippen molar-refractivity contribution in [2.24, 2.45) is 11.5 Å². The Kier molecular flexibility index (Phi) is 8.31. The van der Waals surface area contributed by atoms with Crippen LogP contribution in [0.5, 0.6) is 0 Å². The molecular weight excluding hydrogens is 176 g/mol. The smallest absolute Gasteiger partial charge is 0.320 e. The zero-order chi connectivity index (χ0) is 11.0. The number of hydrogen-bond donors (Lipinski definition) is 4. The minimum Gasteiger partial charge on any atom is -0.480 e. The first-order valence-corrected chi connectivity index (χ1v) is 3.79. The van der Waals surface area contributed by atoms with Crippen molar-refractivity contribution in [3.63, 3.8) is 0 Å². The summed E-state index contributed by atoms with van der Waals surface area (Å²) in [7, 11) is 0. The van der Waals surface area contributed by atoms with E-state index in [1.807, 2.05) is 0 Å². The Hall–Kier alpha value is -1.14. The Morgan fingerprint density at radius 2 is 1.54 bits per heavy atom. The van der Waals surface area contributed by atoms with Crippen molar-refractivity contribution < 1.29 is 19.8 Å². The van der Waals surface area contributed by atoms with E-state index in [2.05, 4.69) is 0 Å². The summed E-state index contributed by atoms with van der Waals surface area (Å²) in [5, 5.41) is 15.9. The molecule has 0 aromatic heterocycles. The number of hydrogen-bond acceptors (Lipinski definition) is 4. The fraction of sp³-hybridized carbons (Fsp3) is 0.714. The Balaban J connectivity index is 0. The van der Waals surface area contributed by atoms with Gasteiger partial charge in [-0.3, -0.25) is 9.59 Å². The van der Waals surface area contributed by atoms with Gasteiger partial charge in [0.1, 0.15) is 12.1 Å². The highest BCUT2D eigenvalue weighted by molar-refractivity contribution is 5.73. The lowest BCUT2D eigenvalue weighted by Crippen LogP contribution is -2.28. The largest absolute Gasteiger partial charge is 0.480 e. The summed E-state index contributed by atoms with van der Waals surface area (Å²) in [5.74, 6) is -1.89. The third-order valence-corrected chi connectivity index (χ3v) is 1.15. The van der Waals surface area contributed by atoms with E-state index in [0.29, 0.717) is 6.42 Å². The average molecular weight is 192 g/mol. The highest BCUT2D eigenvalue weighted by atomic mass is 16.4. The molecule has 6 N–H and O–H groups in total. The monoisotopic (exact) mass is 192 g/mol. The maximum atomic E-state index is 9.81. The van der Waals surface area contributed by atoms with Crippen molar-refractivity contribution >= 4 is 11.9 Å². The van der Waals surface area contributed by atoms with Gasteiger partial charge in [0.15, 0.2) is 0 Å². The molecule has 0 radical (unpaired) electrons. The first kappa shape index (κ1) is 14.4. The van der Waals surface area contributed by atoms with Crippen LogP contribution in [0.25, 0.3) is 0 Å². The first-order valence-electron chi connectivity index (χ1n) is 3.79.